The van der Waals surface area contributed by atoms with E-state index in [1.54, 1.807) is 28.1 Å². The van der Waals surface area contributed by atoms with E-state index in [-0.39, 0.29) is 23.1 Å². The van der Waals surface area contributed by atoms with Crippen LogP contribution in [0.1, 0.15) is 25.2 Å². The molecule has 0 saturated heterocycles. The minimum atomic E-state index is -3.98. The van der Waals surface area contributed by atoms with Crippen LogP contribution in [0.25, 0.3) is 11.0 Å². The standard InChI is InChI=1S/C22H24N4O4S3/c1-15(2)9-26(10-18-12-32-14-24-18)22(27)20(8-17-11-31-13-23-17)25-33(28,29)19-3-4-21-16(7-19)5-6-30-21/h3-7,11-15,20,25H,8-10H2,1-2H3/t20-/m0/s1. The second kappa shape index (κ2) is 10.1. The van der Waals surface area contributed by atoms with E-state index in [0.717, 1.165) is 5.69 Å². The lowest BCUT2D eigenvalue weighted by atomic mass is 10.1. The van der Waals surface area contributed by atoms with Crippen LogP contribution >= 0.6 is 22.7 Å². The van der Waals surface area contributed by atoms with Crippen LogP contribution in [0.15, 0.2) is 61.6 Å². The van der Waals surface area contributed by atoms with Crippen molar-refractivity contribution in [1.82, 2.24) is 19.6 Å². The number of hydrogen-bond acceptors (Lipinski definition) is 8. The predicted octanol–water partition coefficient (Wildman–Crippen LogP) is 3.92. The van der Waals surface area contributed by atoms with Crippen molar-refractivity contribution in [3.8, 4) is 0 Å². The molecule has 0 saturated carbocycles. The summed E-state index contributed by atoms with van der Waals surface area (Å²) in [5.41, 5.74) is 5.41. The van der Waals surface area contributed by atoms with Gasteiger partial charge in [0.15, 0.2) is 0 Å². The predicted molar refractivity (Wildman–Crippen MR) is 129 cm³/mol. The van der Waals surface area contributed by atoms with Gasteiger partial charge in [0.1, 0.15) is 11.6 Å². The molecule has 1 aromatic carbocycles. The van der Waals surface area contributed by atoms with Gasteiger partial charge in [-0.05, 0) is 30.2 Å². The summed E-state index contributed by atoms with van der Waals surface area (Å²) in [4.78, 5) is 23.9. The van der Waals surface area contributed by atoms with Gasteiger partial charge in [0.05, 0.1) is 40.1 Å². The molecule has 11 heteroatoms. The molecule has 0 aliphatic carbocycles. The van der Waals surface area contributed by atoms with Crippen LogP contribution in [0.5, 0.6) is 0 Å². The quantitative estimate of drug-likeness (QED) is 0.351. The number of hydrogen-bond donors (Lipinski definition) is 1. The molecule has 1 amide bonds. The highest BCUT2D eigenvalue weighted by atomic mass is 32.2. The zero-order chi connectivity index (χ0) is 23.4. The lowest BCUT2D eigenvalue weighted by molar-refractivity contribution is -0.134. The Bertz CT molecular complexity index is 1300. The van der Waals surface area contributed by atoms with Gasteiger partial charge in [-0.3, -0.25) is 4.79 Å². The Morgan fingerprint density at radius 3 is 2.52 bits per heavy atom. The molecule has 33 heavy (non-hydrogen) atoms. The number of nitrogens with zero attached hydrogens (tertiary/aromatic N) is 3. The molecule has 3 heterocycles. The molecule has 1 atom stereocenters. The van der Waals surface area contributed by atoms with E-state index in [2.05, 4.69) is 14.7 Å². The molecule has 0 radical (unpaired) electrons. The highest BCUT2D eigenvalue weighted by Gasteiger charge is 2.31. The van der Waals surface area contributed by atoms with Gasteiger partial charge in [-0.1, -0.05) is 13.8 Å². The molecule has 4 rings (SSSR count). The molecule has 0 aliphatic rings. The van der Waals surface area contributed by atoms with E-state index in [1.165, 1.54) is 41.1 Å². The number of benzene rings is 1. The number of carbonyl (C=O) groups excluding carboxylic acids is 1. The fraction of sp³-hybridized carbons (Fsp3) is 0.318. The van der Waals surface area contributed by atoms with E-state index >= 15 is 0 Å². The van der Waals surface area contributed by atoms with Gasteiger partial charge in [0.2, 0.25) is 15.9 Å². The largest absolute Gasteiger partial charge is 0.464 e. The fourth-order valence-corrected chi connectivity index (χ4v) is 5.84. The normalized spacial score (nSPS) is 12.9. The summed E-state index contributed by atoms with van der Waals surface area (Å²) in [6, 6.07) is 5.31. The third-order valence-electron chi connectivity index (χ3n) is 4.96. The van der Waals surface area contributed by atoms with Crippen molar-refractivity contribution in [2.45, 2.75) is 37.8 Å². The van der Waals surface area contributed by atoms with Crippen LogP contribution in [0.2, 0.25) is 0 Å². The molecule has 8 nitrogen and oxygen atoms in total. The number of sulfonamides is 1. The summed E-state index contributed by atoms with van der Waals surface area (Å²) >= 11 is 2.86. The number of thiazole rings is 2. The first-order valence-corrected chi connectivity index (χ1v) is 13.7. The van der Waals surface area contributed by atoms with Crippen molar-refractivity contribution >= 4 is 49.6 Å². The third-order valence-corrected chi connectivity index (χ3v) is 7.70. The molecule has 0 aliphatic heterocycles. The Morgan fingerprint density at radius 1 is 1.12 bits per heavy atom. The molecule has 1 N–H and O–H groups in total. The molecule has 4 aromatic rings. The number of rotatable bonds is 10. The molecule has 174 valence electrons. The van der Waals surface area contributed by atoms with Crippen molar-refractivity contribution in [2.24, 2.45) is 5.92 Å². The Labute approximate surface area is 200 Å². The first-order chi connectivity index (χ1) is 15.8. The van der Waals surface area contributed by atoms with Gasteiger partial charge in [-0.2, -0.15) is 4.72 Å². The number of nitrogens with one attached hydrogen (secondary N) is 1. The summed E-state index contributed by atoms with van der Waals surface area (Å²) in [6.07, 6.45) is 1.66. The molecule has 0 spiro atoms. The van der Waals surface area contributed by atoms with Crippen LogP contribution in [-0.2, 0) is 27.8 Å². The van der Waals surface area contributed by atoms with Crippen LogP contribution < -0.4 is 4.72 Å². The van der Waals surface area contributed by atoms with Crippen LogP contribution in [0.3, 0.4) is 0 Å². The zero-order valence-corrected chi connectivity index (χ0v) is 20.6. The summed E-state index contributed by atoms with van der Waals surface area (Å²) in [5.74, 6) is -0.106. The smallest absolute Gasteiger partial charge is 0.241 e. The highest BCUT2D eigenvalue weighted by molar-refractivity contribution is 7.89. The minimum absolute atomic E-state index is 0.0717. The first kappa shape index (κ1) is 23.6. The Hall–Kier alpha value is -2.60. The number of amides is 1. The maximum Gasteiger partial charge on any atom is 0.241 e. The Balaban J connectivity index is 1.63. The van der Waals surface area contributed by atoms with Crippen LogP contribution in [0, 0.1) is 5.92 Å². The summed E-state index contributed by atoms with van der Waals surface area (Å²) in [5, 5.41) is 4.38. The van der Waals surface area contributed by atoms with Crippen molar-refractivity contribution in [2.75, 3.05) is 6.54 Å². The number of furan rings is 1. The number of carbonyl (C=O) groups is 1. The molecule has 3 aromatic heterocycles. The van der Waals surface area contributed by atoms with Gasteiger partial charge >= 0.3 is 0 Å². The van der Waals surface area contributed by atoms with Gasteiger partial charge in [-0.25, -0.2) is 18.4 Å². The van der Waals surface area contributed by atoms with Crippen molar-refractivity contribution in [3.63, 3.8) is 0 Å². The summed E-state index contributed by atoms with van der Waals surface area (Å²) in [7, 11) is -3.98. The van der Waals surface area contributed by atoms with E-state index in [0.29, 0.717) is 29.8 Å². The molecular formula is C22H24N4O4S3. The third kappa shape index (κ3) is 5.85. The second-order valence-electron chi connectivity index (χ2n) is 8.07. The lowest BCUT2D eigenvalue weighted by Crippen LogP contribution is -2.50. The average Bonchev–Trinajstić information content (AvgIpc) is 3.54. The van der Waals surface area contributed by atoms with E-state index in [4.69, 9.17) is 4.42 Å². The monoisotopic (exact) mass is 504 g/mol. The van der Waals surface area contributed by atoms with Crippen molar-refractivity contribution < 1.29 is 17.6 Å². The maximum absolute atomic E-state index is 13.6. The summed E-state index contributed by atoms with van der Waals surface area (Å²) < 4.78 is 34.5. The van der Waals surface area contributed by atoms with E-state index in [1.807, 2.05) is 24.6 Å². The molecule has 0 bridgehead atoms. The first-order valence-electron chi connectivity index (χ1n) is 10.3. The highest BCUT2D eigenvalue weighted by Crippen LogP contribution is 2.21. The second-order valence-corrected chi connectivity index (χ2v) is 11.2. The summed E-state index contributed by atoms with van der Waals surface area (Å²) in [6.45, 7) is 4.82. The topological polar surface area (TPSA) is 105 Å². The van der Waals surface area contributed by atoms with Crippen molar-refractivity contribution in [3.05, 3.63) is 63.7 Å². The fourth-order valence-electron chi connectivity index (χ4n) is 3.50. The van der Waals surface area contributed by atoms with Gasteiger partial charge in [-0.15, -0.1) is 22.7 Å². The molecular weight excluding hydrogens is 480 g/mol. The van der Waals surface area contributed by atoms with Crippen LogP contribution in [0.4, 0.5) is 0 Å². The Kier molecular flexibility index (Phi) is 7.23. The Morgan fingerprint density at radius 2 is 1.85 bits per heavy atom. The van der Waals surface area contributed by atoms with Gasteiger partial charge in [0, 0.05) is 29.1 Å². The van der Waals surface area contributed by atoms with E-state index < -0.39 is 16.1 Å². The molecule has 0 unspecified atom stereocenters. The number of aromatic nitrogens is 2. The van der Waals surface area contributed by atoms with E-state index in [9.17, 15) is 13.2 Å². The SMILES string of the molecule is CC(C)CN(Cc1cscn1)C(=O)[C@H](Cc1cscn1)NS(=O)(=O)c1ccc2occc2c1. The zero-order valence-electron chi connectivity index (χ0n) is 18.2. The van der Waals surface area contributed by atoms with Gasteiger partial charge < -0.3 is 9.32 Å². The van der Waals surface area contributed by atoms with Gasteiger partial charge in [0.25, 0.3) is 0 Å². The number of fused-ring (bicyclic) bond motifs is 1. The molecule has 0 fully saturated rings. The lowest BCUT2D eigenvalue weighted by Gasteiger charge is -2.28. The maximum atomic E-state index is 13.6. The average molecular weight is 505 g/mol. The minimum Gasteiger partial charge on any atom is -0.464 e. The van der Waals surface area contributed by atoms with Crippen molar-refractivity contribution in [1.29, 1.82) is 0 Å². The van der Waals surface area contributed by atoms with Crippen LogP contribution in [-0.4, -0.2) is 41.8 Å².